The molecule has 1 aliphatic carbocycles. The van der Waals surface area contributed by atoms with Gasteiger partial charge in [0.25, 0.3) is 0 Å². The van der Waals surface area contributed by atoms with Gasteiger partial charge in [0.2, 0.25) is 5.91 Å². The second-order valence-corrected chi connectivity index (χ2v) is 7.18. The van der Waals surface area contributed by atoms with Crippen molar-refractivity contribution in [3.05, 3.63) is 0 Å². The van der Waals surface area contributed by atoms with Crippen molar-refractivity contribution in [1.82, 2.24) is 15.1 Å². The molecule has 3 N–H and O–H groups in total. The fourth-order valence-electron chi connectivity index (χ4n) is 3.17. The SMILES string of the molecule is CC(C)(C(N)=S)N1CCN(CC(=O)NC2CCCC2)CC1. The molecule has 2 aliphatic rings. The first kappa shape index (κ1) is 16.6. The van der Waals surface area contributed by atoms with Gasteiger partial charge in [0.1, 0.15) is 0 Å². The van der Waals surface area contributed by atoms with Crippen molar-refractivity contribution < 1.29 is 4.79 Å². The van der Waals surface area contributed by atoms with Crippen LogP contribution < -0.4 is 11.1 Å². The quantitative estimate of drug-likeness (QED) is 0.733. The Morgan fingerprint density at radius 2 is 1.81 bits per heavy atom. The van der Waals surface area contributed by atoms with Crippen LogP contribution in [0.3, 0.4) is 0 Å². The van der Waals surface area contributed by atoms with Crippen molar-refractivity contribution in [2.75, 3.05) is 32.7 Å². The van der Waals surface area contributed by atoms with Crippen LogP contribution in [0.15, 0.2) is 0 Å². The van der Waals surface area contributed by atoms with Crippen LogP contribution in [0.4, 0.5) is 0 Å². The minimum atomic E-state index is -0.243. The molecule has 21 heavy (non-hydrogen) atoms. The third kappa shape index (κ3) is 4.37. The molecule has 1 heterocycles. The van der Waals surface area contributed by atoms with Crippen LogP contribution in [-0.4, -0.2) is 65.0 Å². The lowest BCUT2D eigenvalue weighted by Gasteiger charge is -2.43. The van der Waals surface area contributed by atoms with Crippen molar-refractivity contribution in [2.24, 2.45) is 5.73 Å². The van der Waals surface area contributed by atoms with Gasteiger partial charge < -0.3 is 11.1 Å². The summed E-state index contributed by atoms with van der Waals surface area (Å²) in [5, 5.41) is 3.15. The maximum Gasteiger partial charge on any atom is 0.234 e. The molecule has 0 unspecified atom stereocenters. The zero-order valence-corrected chi connectivity index (χ0v) is 14.0. The summed E-state index contributed by atoms with van der Waals surface area (Å²) in [5.41, 5.74) is 5.58. The van der Waals surface area contributed by atoms with E-state index in [1.54, 1.807) is 0 Å². The summed E-state index contributed by atoms with van der Waals surface area (Å²) < 4.78 is 0. The smallest absolute Gasteiger partial charge is 0.234 e. The fourth-order valence-corrected chi connectivity index (χ4v) is 3.30. The highest BCUT2D eigenvalue weighted by Crippen LogP contribution is 2.18. The summed E-state index contributed by atoms with van der Waals surface area (Å²) in [6, 6.07) is 0.410. The Morgan fingerprint density at radius 3 is 2.33 bits per heavy atom. The highest BCUT2D eigenvalue weighted by atomic mass is 32.1. The van der Waals surface area contributed by atoms with Gasteiger partial charge in [-0.1, -0.05) is 25.1 Å². The Morgan fingerprint density at radius 1 is 1.24 bits per heavy atom. The molecule has 0 bridgehead atoms. The largest absolute Gasteiger partial charge is 0.392 e. The molecule has 0 radical (unpaired) electrons. The van der Waals surface area contributed by atoms with Crippen molar-refractivity contribution in [3.8, 4) is 0 Å². The predicted octanol–water partition coefficient (Wildman–Crippen LogP) is 0.728. The molecule has 0 aromatic carbocycles. The third-order valence-corrected chi connectivity index (χ3v) is 5.35. The number of carbonyl (C=O) groups is 1. The van der Waals surface area contributed by atoms with Crippen LogP contribution in [-0.2, 0) is 4.79 Å². The van der Waals surface area contributed by atoms with Gasteiger partial charge >= 0.3 is 0 Å². The topological polar surface area (TPSA) is 61.6 Å². The molecular formula is C15H28N4OS. The molecule has 1 saturated heterocycles. The van der Waals surface area contributed by atoms with Gasteiger partial charge in [-0.3, -0.25) is 14.6 Å². The first-order chi connectivity index (χ1) is 9.89. The number of rotatable bonds is 5. The highest BCUT2D eigenvalue weighted by molar-refractivity contribution is 7.80. The Bertz CT molecular complexity index is 385. The molecule has 2 fully saturated rings. The molecule has 6 heteroatoms. The van der Waals surface area contributed by atoms with E-state index in [1.807, 2.05) is 0 Å². The number of nitrogens with two attached hydrogens (primary N) is 1. The standard InChI is InChI=1S/C15H28N4OS/c1-15(2,14(16)21)19-9-7-18(8-10-19)11-13(20)17-12-5-3-4-6-12/h12H,3-11H2,1-2H3,(H2,16,21)(H,17,20). The predicted molar refractivity (Wildman–Crippen MR) is 89.3 cm³/mol. The fraction of sp³-hybridized carbons (Fsp3) is 0.867. The average molecular weight is 312 g/mol. The van der Waals surface area contributed by atoms with E-state index in [2.05, 4.69) is 29.0 Å². The second kappa shape index (κ2) is 7.03. The summed E-state index contributed by atoms with van der Waals surface area (Å²) in [5.74, 6) is 0.170. The molecular weight excluding hydrogens is 284 g/mol. The van der Waals surface area contributed by atoms with Crippen LogP contribution in [0.2, 0.25) is 0 Å². The van der Waals surface area contributed by atoms with Crippen molar-refractivity contribution in [3.63, 3.8) is 0 Å². The number of hydrogen-bond acceptors (Lipinski definition) is 4. The molecule has 5 nitrogen and oxygen atoms in total. The van der Waals surface area contributed by atoms with Crippen LogP contribution in [0, 0.1) is 0 Å². The van der Waals surface area contributed by atoms with Crippen LogP contribution in [0.1, 0.15) is 39.5 Å². The minimum Gasteiger partial charge on any atom is -0.392 e. The molecule has 0 atom stereocenters. The first-order valence-corrected chi connectivity index (χ1v) is 8.37. The number of nitrogens with zero attached hydrogens (tertiary/aromatic N) is 2. The van der Waals surface area contributed by atoms with Gasteiger partial charge in [0.15, 0.2) is 0 Å². The number of carbonyl (C=O) groups excluding carboxylic acids is 1. The Kier molecular flexibility index (Phi) is 5.57. The van der Waals surface area contributed by atoms with Crippen molar-refractivity contribution in [2.45, 2.75) is 51.1 Å². The monoisotopic (exact) mass is 312 g/mol. The zero-order chi connectivity index (χ0) is 15.5. The average Bonchev–Trinajstić information content (AvgIpc) is 2.91. The highest BCUT2D eigenvalue weighted by Gasteiger charge is 2.32. The Labute approximate surface area is 133 Å². The molecule has 2 rings (SSSR count). The Hall–Kier alpha value is -0.720. The van der Waals surface area contributed by atoms with Crippen LogP contribution in [0.5, 0.6) is 0 Å². The van der Waals surface area contributed by atoms with Gasteiger partial charge in [0, 0.05) is 32.2 Å². The van der Waals surface area contributed by atoms with E-state index >= 15 is 0 Å². The number of piperazine rings is 1. The lowest BCUT2D eigenvalue weighted by molar-refractivity contribution is -0.123. The number of nitrogens with one attached hydrogen (secondary N) is 1. The Balaban J connectivity index is 1.73. The molecule has 120 valence electrons. The second-order valence-electron chi connectivity index (χ2n) is 6.74. The molecule has 1 aliphatic heterocycles. The van der Waals surface area contributed by atoms with E-state index in [1.165, 1.54) is 12.8 Å². The molecule has 0 aromatic heterocycles. The third-order valence-electron chi connectivity index (χ3n) is 4.85. The maximum absolute atomic E-state index is 12.0. The summed E-state index contributed by atoms with van der Waals surface area (Å²) in [4.78, 5) is 17.1. The van der Waals surface area contributed by atoms with Crippen LogP contribution >= 0.6 is 12.2 Å². The van der Waals surface area contributed by atoms with E-state index in [-0.39, 0.29) is 11.4 Å². The van der Waals surface area contributed by atoms with Gasteiger partial charge in [-0.2, -0.15) is 0 Å². The van der Waals surface area contributed by atoms with E-state index in [4.69, 9.17) is 18.0 Å². The summed E-state index contributed by atoms with van der Waals surface area (Å²) in [6.45, 7) is 8.24. The number of amides is 1. The minimum absolute atomic E-state index is 0.170. The normalized spacial score (nSPS) is 22.4. The van der Waals surface area contributed by atoms with Crippen molar-refractivity contribution in [1.29, 1.82) is 0 Å². The first-order valence-electron chi connectivity index (χ1n) is 7.96. The van der Waals surface area contributed by atoms with Gasteiger partial charge in [-0.15, -0.1) is 0 Å². The summed E-state index contributed by atoms with van der Waals surface area (Å²) in [7, 11) is 0. The maximum atomic E-state index is 12.0. The van der Waals surface area contributed by atoms with Crippen molar-refractivity contribution >= 4 is 23.1 Å². The summed E-state index contributed by atoms with van der Waals surface area (Å²) >= 11 is 5.15. The van der Waals surface area contributed by atoms with Gasteiger partial charge in [0.05, 0.1) is 17.1 Å². The number of thiocarbonyl (C=S) groups is 1. The van der Waals surface area contributed by atoms with E-state index < -0.39 is 0 Å². The molecule has 1 amide bonds. The zero-order valence-electron chi connectivity index (χ0n) is 13.2. The lowest BCUT2D eigenvalue weighted by atomic mass is 10.0. The molecule has 0 aromatic rings. The molecule has 0 spiro atoms. The van der Waals surface area contributed by atoms with Crippen LogP contribution in [0.25, 0.3) is 0 Å². The summed E-state index contributed by atoms with van der Waals surface area (Å²) in [6.07, 6.45) is 4.78. The van der Waals surface area contributed by atoms with Gasteiger partial charge in [-0.25, -0.2) is 0 Å². The molecule has 1 saturated carbocycles. The lowest BCUT2D eigenvalue weighted by Crippen LogP contribution is -2.60. The van der Waals surface area contributed by atoms with Gasteiger partial charge in [-0.05, 0) is 26.7 Å². The van der Waals surface area contributed by atoms with E-state index in [0.29, 0.717) is 17.6 Å². The van der Waals surface area contributed by atoms with E-state index in [0.717, 1.165) is 39.0 Å². The number of hydrogen-bond donors (Lipinski definition) is 2. The van der Waals surface area contributed by atoms with E-state index in [9.17, 15) is 4.79 Å².